The van der Waals surface area contributed by atoms with Gasteiger partial charge in [-0.05, 0) is 18.2 Å². The molecule has 2 amide bonds. The van der Waals surface area contributed by atoms with Gasteiger partial charge >= 0.3 is 12.2 Å². The van der Waals surface area contributed by atoms with Gasteiger partial charge in [-0.1, -0.05) is 11.6 Å². The number of alkyl halides is 3. The van der Waals surface area contributed by atoms with Crippen LogP contribution in [-0.2, 0) is 6.54 Å². The normalized spacial score (nSPS) is 11.2. The summed E-state index contributed by atoms with van der Waals surface area (Å²) in [7, 11) is 1.61. The minimum Gasteiger partial charge on any atom is -0.468 e. The van der Waals surface area contributed by atoms with Gasteiger partial charge in [0.2, 0.25) is 5.88 Å². The van der Waals surface area contributed by atoms with E-state index < -0.39 is 12.8 Å². The third-order valence-corrected chi connectivity index (χ3v) is 3.96. The highest BCUT2D eigenvalue weighted by Gasteiger charge is 2.28. The SMILES string of the molecule is CN(Cc1ccc(Cl)s1)C(=O)Nc1ccc(OCC(F)(F)F)nc1. The summed E-state index contributed by atoms with van der Waals surface area (Å²) in [5.74, 6) is -0.174. The average Bonchev–Trinajstić information content (AvgIpc) is 2.91. The van der Waals surface area contributed by atoms with Crippen molar-refractivity contribution in [2.75, 3.05) is 19.0 Å². The monoisotopic (exact) mass is 379 g/mol. The molecular formula is C14H13ClF3N3O2S. The van der Waals surface area contributed by atoms with Crippen LogP contribution >= 0.6 is 22.9 Å². The van der Waals surface area contributed by atoms with Gasteiger partial charge in [0.05, 0.1) is 22.8 Å². The number of hydrogen-bond acceptors (Lipinski definition) is 4. The van der Waals surface area contributed by atoms with Gasteiger partial charge in [0.1, 0.15) is 0 Å². The summed E-state index contributed by atoms with van der Waals surface area (Å²) < 4.78 is 41.2. The number of pyridine rings is 1. The number of nitrogens with one attached hydrogen (secondary N) is 1. The second-order valence-corrected chi connectivity index (χ2v) is 6.58. The van der Waals surface area contributed by atoms with E-state index in [9.17, 15) is 18.0 Å². The van der Waals surface area contributed by atoms with Gasteiger partial charge in [-0.25, -0.2) is 9.78 Å². The molecule has 0 fully saturated rings. The Morgan fingerprint density at radius 1 is 1.38 bits per heavy atom. The molecule has 2 aromatic rings. The maximum atomic E-state index is 12.0. The Morgan fingerprint density at radius 3 is 2.67 bits per heavy atom. The van der Waals surface area contributed by atoms with Gasteiger partial charge in [0, 0.05) is 18.0 Å². The van der Waals surface area contributed by atoms with E-state index in [1.165, 1.54) is 34.6 Å². The number of carbonyl (C=O) groups excluding carboxylic acids is 1. The van der Waals surface area contributed by atoms with E-state index in [0.717, 1.165) is 4.88 Å². The Kier molecular flexibility index (Phi) is 5.89. The highest BCUT2D eigenvalue weighted by Crippen LogP contribution is 2.23. The van der Waals surface area contributed by atoms with Crippen molar-refractivity contribution in [1.82, 2.24) is 9.88 Å². The number of aromatic nitrogens is 1. The van der Waals surface area contributed by atoms with Crippen molar-refractivity contribution in [3.8, 4) is 5.88 Å². The average molecular weight is 380 g/mol. The van der Waals surface area contributed by atoms with E-state index in [1.54, 1.807) is 13.1 Å². The fourth-order valence-corrected chi connectivity index (χ4v) is 2.80. The Balaban J connectivity index is 1.87. The first-order chi connectivity index (χ1) is 11.2. The zero-order valence-electron chi connectivity index (χ0n) is 12.4. The Morgan fingerprint density at radius 2 is 2.12 bits per heavy atom. The van der Waals surface area contributed by atoms with Crippen molar-refractivity contribution in [2.24, 2.45) is 0 Å². The highest BCUT2D eigenvalue weighted by atomic mass is 35.5. The van der Waals surface area contributed by atoms with E-state index in [0.29, 0.717) is 16.6 Å². The molecule has 0 radical (unpaired) electrons. The molecule has 0 aliphatic carbocycles. The van der Waals surface area contributed by atoms with E-state index >= 15 is 0 Å². The lowest BCUT2D eigenvalue weighted by Gasteiger charge is -2.17. The van der Waals surface area contributed by atoms with Crippen LogP contribution in [0.15, 0.2) is 30.5 Å². The lowest BCUT2D eigenvalue weighted by atomic mass is 10.4. The lowest BCUT2D eigenvalue weighted by Crippen LogP contribution is -2.30. The molecular weight excluding hydrogens is 367 g/mol. The third kappa shape index (κ3) is 5.89. The van der Waals surface area contributed by atoms with Crippen molar-refractivity contribution in [3.63, 3.8) is 0 Å². The summed E-state index contributed by atoms with van der Waals surface area (Å²) >= 11 is 7.20. The van der Waals surface area contributed by atoms with Gasteiger partial charge in [0.25, 0.3) is 0 Å². The zero-order chi connectivity index (χ0) is 17.7. The third-order valence-electron chi connectivity index (χ3n) is 2.74. The van der Waals surface area contributed by atoms with Crippen LogP contribution in [0, 0.1) is 0 Å². The predicted octanol–water partition coefficient (Wildman–Crippen LogP) is 4.40. The molecule has 2 rings (SSSR count). The first-order valence-corrected chi connectivity index (χ1v) is 7.84. The van der Waals surface area contributed by atoms with E-state index in [4.69, 9.17) is 11.6 Å². The molecule has 0 spiro atoms. The van der Waals surface area contributed by atoms with Crippen LogP contribution in [0.25, 0.3) is 0 Å². The highest BCUT2D eigenvalue weighted by molar-refractivity contribution is 7.16. The summed E-state index contributed by atoms with van der Waals surface area (Å²) in [6, 6.07) is 5.85. The molecule has 0 aromatic carbocycles. The molecule has 0 aliphatic rings. The zero-order valence-corrected chi connectivity index (χ0v) is 14.0. The molecule has 0 atom stereocenters. The molecule has 10 heteroatoms. The van der Waals surface area contributed by atoms with Gasteiger partial charge in [0.15, 0.2) is 6.61 Å². The van der Waals surface area contributed by atoms with E-state index in [-0.39, 0.29) is 11.9 Å². The quantitative estimate of drug-likeness (QED) is 0.837. The fraction of sp³-hybridized carbons (Fsp3) is 0.286. The van der Waals surface area contributed by atoms with Crippen LogP contribution < -0.4 is 10.1 Å². The summed E-state index contributed by atoms with van der Waals surface area (Å²) in [4.78, 5) is 18.1. The summed E-state index contributed by atoms with van der Waals surface area (Å²) in [5, 5.41) is 2.59. The number of anilines is 1. The van der Waals surface area contributed by atoms with Crippen LogP contribution in [0.5, 0.6) is 5.88 Å². The number of hydrogen-bond donors (Lipinski definition) is 1. The molecule has 2 heterocycles. The Labute approximate surface area is 145 Å². The molecule has 0 bridgehead atoms. The number of urea groups is 1. The van der Waals surface area contributed by atoms with Crippen molar-refractivity contribution < 1.29 is 22.7 Å². The topological polar surface area (TPSA) is 54.5 Å². The molecule has 5 nitrogen and oxygen atoms in total. The molecule has 130 valence electrons. The number of thiophene rings is 1. The van der Waals surface area contributed by atoms with Gasteiger partial charge in [-0.3, -0.25) is 0 Å². The maximum Gasteiger partial charge on any atom is 0.422 e. The van der Waals surface area contributed by atoms with Gasteiger partial charge in [-0.2, -0.15) is 13.2 Å². The molecule has 1 N–H and O–H groups in total. The lowest BCUT2D eigenvalue weighted by molar-refractivity contribution is -0.154. The number of rotatable bonds is 5. The summed E-state index contributed by atoms with van der Waals surface area (Å²) in [6.45, 7) is -1.04. The molecule has 2 aromatic heterocycles. The number of carbonyl (C=O) groups is 1. The minimum atomic E-state index is -4.43. The maximum absolute atomic E-state index is 12.0. The van der Waals surface area contributed by atoms with Crippen LogP contribution in [0.3, 0.4) is 0 Å². The summed E-state index contributed by atoms with van der Waals surface area (Å²) in [5.41, 5.74) is 0.343. The predicted molar refractivity (Wildman–Crippen MR) is 85.6 cm³/mol. The molecule has 0 saturated heterocycles. The van der Waals surface area contributed by atoms with Crippen molar-refractivity contribution in [2.45, 2.75) is 12.7 Å². The standard InChI is InChI=1S/C14H13ClF3N3O2S/c1-21(7-10-3-4-11(15)24-10)13(22)20-9-2-5-12(19-6-9)23-8-14(16,17)18/h2-6H,7-8H2,1H3,(H,20,22). The van der Waals surface area contributed by atoms with E-state index in [1.807, 2.05) is 6.07 Å². The number of amides is 2. The first-order valence-electron chi connectivity index (χ1n) is 6.65. The number of nitrogens with zero attached hydrogens (tertiary/aromatic N) is 2. The van der Waals surface area contributed by atoms with Crippen LogP contribution in [-0.4, -0.2) is 35.7 Å². The molecule has 0 saturated carbocycles. The molecule has 0 aliphatic heterocycles. The van der Waals surface area contributed by atoms with Crippen LogP contribution in [0.2, 0.25) is 4.34 Å². The number of halogens is 4. The molecule has 0 unspecified atom stereocenters. The smallest absolute Gasteiger partial charge is 0.422 e. The van der Waals surface area contributed by atoms with Gasteiger partial charge in [-0.15, -0.1) is 11.3 Å². The van der Waals surface area contributed by atoms with Gasteiger partial charge < -0.3 is 15.0 Å². The fourth-order valence-electron chi connectivity index (χ4n) is 1.66. The van der Waals surface area contributed by atoms with Crippen LogP contribution in [0.1, 0.15) is 4.88 Å². The number of ether oxygens (including phenoxy) is 1. The minimum absolute atomic E-state index is 0.174. The van der Waals surface area contributed by atoms with Crippen LogP contribution in [0.4, 0.5) is 23.7 Å². The summed E-state index contributed by atoms with van der Waals surface area (Å²) in [6.07, 6.45) is -3.21. The largest absolute Gasteiger partial charge is 0.468 e. The Hall–Kier alpha value is -2.00. The first kappa shape index (κ1) is 18.3. The molecule has 24 heavy (non-hydrogen) atoms. The van der Waals surface area contributed by atoms with Crippen molar-refractivity contribution in [3.05, 3.63) is 39.7 Å². The second-order valence-electron chi connectivity index (χ2n) is 4.78. The Bertz CT molecular complexity index is 691. The van der Waals surface area contributed by atoms with Crippen molar-refractivity contribution >= 4 is 34.7 Å². The van der Waals surface area contributed by atoms with E-state index in [2.05, 4.69) is 15.0 Å². The second kappa shape index (κ2) is 7.71. The van der Waals surface area contributed by atoms with Crippen molar-refractivity contribution in [1.29, 1.82) is 0 Å².